The first-order valence-electron chi connectivity index (χ1n) is 8.95. The average molecular weight is 421 g/mol. The van der Waals surface area contributed by atoms with E-state index in [0.717, 1.165) is 15.6 Å². The molecule has 29 heavy (non-hydrogen) atoms. The van der Waals surface area contributed by atoms with E-state index < -0.39 is 15.6 Å². The number of benzene rings is 2. The average Bonchev–Trinajstić information content (AvgIpc) is 3.19. The zero-order valence-corrected chi connectivity index (χ0v) is 17.1. The van der Waals surface area contributed by atoms with Gasteiger partial charge >= 0.3 is 0 Å². The van der Waals surface area contributed by atoms with Crippen molar-refractivity contribution in [1.29, 1.82) is 5.26 Å². The van der Waals surface area contributed by atoms with Gasteiger partial charge in [0.1, 0.15) is 11.0 Å². The van der Waals surface area contributed by atoms with Gasteiger partial charge in [0, 0.05) is 17.0 Å². The predicted octanol–water partition coefficient (Wildman–Crippen LogP) is 4.46. The first-order chi connectivity index (χ1) is 14.0. The molecule has 2 aromatic rings. The summed E-state index contributed by atoms with van der Waals surface area (Å²) < 4.78 is 25.3. The van der Waals surface area contributed by atoms with Crippen LogP contribution in [0.3, 0.4) is 0 Å². The number of para-hydroxylation sites is 1. The van der Waals surface area contributed by atoms with Crippen LogP contribution in [0.25, 0.3) is 0 Å². The highest BCUT2D eigenvalue weighted by atomic mass is 32.2. The number of hydrogen-bond acceptors (Lipinski definition) is 6. The van der Waals surface area contributed by atoms with Gasteiger partial charge in [0.05, 0.1) is 21.2 Å². The van der Waals surface area contributed by atoms with Crippen LogP contribution < -0.4 is 4.90 Å². The van der Waals surface area contributed by atoms with Gasteiger partial charge < -0.3 is 4.90 Å². The third kappa shape index (κ3) is 3.11. The molecule has 2 aliphatic rings. The number of hydrogen-bond donors (Lipinski definition) is 0. The number of rotatable bonds is 3. The molecule has 0 unspecified atom stereocenters. The Labute approximate surface area is 173 Å². The number of anilines is 1. The standard InChI is InChI=1S/C22H16N2O3S2/c1-2-24-17-10-4-5-11-18(17)28-22(24)15(14-23)8-7-13-20-21(25)16-9-3-6-12-19(16)29(20,26)27/h3-13H,2H2,1H3. The van der Waals surface area contributed by atoms with Crippen molar-refractivity contribution in [2.75, 3.05) is 11.4 Å². The minimum absolute atomic E-state index is 0.0301. The molecule has 2 aliphatic heterocycles. The van der Waals surface area contributed by atoms with E-state index in [4.69, 9.17) is 0 Å². The quantitative estimate of drug-likeness (QED) is 0.539. The van der Waals surface area contributed by atoms with Gasteiger partial charge in [0.15, 0.2) is 0 Å². The number of fused-ring (bicyclic) bond motifs is 2. The maximum atomic E-state index is 12.6. The van der Waals surface area contributed by atoms with Crippen LogP contribution in [0.2, 0.25) is 0 Å². The van der Waals surface area contributed by atoms with Gasteiger partial charge in [-0.15, -0.1) is 0 Å². The zero-order chi connectivity index (χ0) is 20.6. The van der Waals surface area contributed by atoms with E-state index in [0.29, 0.717) is 12.1 Å². The van der Waals surface area contributed by atoms with Crippen molar-refractivity contribution >= 4 is 33.1 Å². The Morgan fingerprint density at radius 3 is 2.62 bits per heavy atom. The molecule has 7 heteroatoms. The number of nitrogens with zero attached hydrogens (tertiary/aromatic N) is 2. The van der Waals surface area contributed by atoms with Crippen molar-refractivity contribution in [3.05, 3.63) is 87.8 Å². The van der Waals surface area contributed by atoms with Crippen LogP contribution in [0.1, 0.15) is 17.3 Å². The normalized spacial score (nSPS) is 20.1. The highest BCUT2D eigenvalue weighted by Crippen LogP contribution is 2.47. The number of thioether (sulfide) groups is 1. The van der Waals surface area contributed by atoms with E-state index in [-0.39, 0.29) is 15.4 Å². The Morgan fingerprint density at radius 2 is 1.90 bits per heavy atom. The number of allylic oxidation sites excluding steroid dienone is 5. The smallest absolute Gasteiger partial charge is 0.211 e. The summed E-state index contributed by atoms with van der Waals surface area (Å²) >= 11 is 1.50. The molecular formula is C22H16N2O3S2. The third-order valence-electron chi connectivity index (χ3n) is 4.72. The lowest BCUT2D eigenvalue weighted by molar-refractivity contribution is 0.104. The lowest BCUT2D eigenvalue weighted by atomic mass is 10.1. The van der Waals surface area contributed by atoms with E-state index >= 15 is 0 Å². The highest BCUT2D eigenvalue weighted by Gasteiger charge is 2.38. The molecule has 2 heterocycles. The maximum Gasteiger partial charge on any atom is 0.211 e. The summed E-state index contributed by atoms with van der Waals surface area (Å²) in [6.07, 6.45) is 4.29. The van der Waals surface area contributed by atoms with Crippen LogP contribution >= 0.6 is 11.8 Å². The number of Topliss-reactive ketones (excluding diaryl/α,β-unsaturated/α-hetero) is 1. The Kier molecular flexibility index (Phi) is 4.91. The predicted molar refractivity (Wildman–Crippen MR) is 113 cm³/mol. The van der Waals surface area contributed by atoms with Gasteiger partial charge in [-0.1, -0.05) is 42.1 Å². The summed E-state index contributed by atoms with van der Waals surface area (Å²) in [7, 11) is -3.83. The molecule has 0 aliphatic carbocycles. The summed E-state index contributed by atoms with van der Waals surface area (Å²) in [5.41, 5.74) is 1.63. The summed E-state index contributed by atoms with van der Waals surface area (Å²) in [4.78, 5) is 15.4. The van der Waals surface area contributed by atoms with E-state index in [2.05, 4.69) is 6.07 Å². The molecule has 0 atom stereocenters. The second-order valence-corrected chi connectivity index (χ2v) is 9.28. The largest absolute Gasteiger partial charge is 0.334 e. The summed E-state index contributed by atoms with van der Waals surface area (Å²) in [6, 6.07) is 16.2. The lowest BCUT2D eigenvalue weighted by Gasteiger charge is -2.18. The van der Waals surface area contributed by atoms with Crippen molar-refractivity contribution < 1.29 is 13.2 Å². The van der Waals surface area contributed by atoms with Crippen molar-refractivity contribution in [2.45, 2.75) is 16.7 Å². The van der Waals surface area contributed by atoms with Gasteiger partial charge in [-0.2, -0.15) is 5.26 Å². The number of carbonyl (C=O) groups is 1. The summed E-state index contributed by atoms with van der Waals surface area (Å²) in [6.45, 7) is 2.70. The number of nitriles is 1. The van der Waals surface area contributed by atoms with Crippen LogP contribution in [-0.2, 0) is 9.84 Å². The van der Waals surface area contributed by atoms with Crippen molar-refractivity contribution in [1.82, 2.24) is 0 Å². The fraction of sp³-hybridized carbons (Fsp3) is 0.0909. The molecular weight excluding hydrogens is 404 g/mol. The maximum absolute atomic E-state index is 12.6. The van der Waals surface area contributed by atoms with Crippen LogP contribution in [0.4, 0.5) is 5.69 Å². The molecule has 0 amide bonds. The van der Waals surface area contributed by atoms with E-state index in [1.807, 2.05) is 36.1 Å². The van der Waals surface area contributed by atoms with Crippen molar-refractivity contribution in [3.8, 4) is 6.07 Å². The molecule has 2 aromatic carbocycles. The number of carbonyl (C=O) groups excluding carboxylic acids is 1. The first-order valence-corrected chi connectivity index (χ1v) is 11.2. The van der Waals surface area contributed by atoms with Crippen molar-refractivity contribution in [2.24, 2.45) is 0 Å². The molecule has 4 rings (SSSR count). The van der Waals surface area contributed by atoms with Crippen molar-refractivity contribution in [3.63, 3.8) is 0 Å². The van der Waals surface area contributed by atoms with E-state index in [1.165, 1.54) is 36.0 Å². The Balaban J connectivity index is 1.70. The van der Waals surface area contributed by atoms with Crippen LogP contribution in [0.15, 0.2) is 92.1 Å². The third-order valence-corrected chi connectivity index (χ3v) is 7.75. The Morgan fingerprint density at radius 1 is 1.17 bits per heavy atom. The summed E-state index contributed by atoms with van der Waals surface area (Å²) in [5, 5.41) is 10.4. The molecule has 0 fully saturated rings. The second-order valence-electron chi connectivity index (χ2n) is 6.36. The molecule has 0 N–H and O–H groups in total. The number of ketones is 1. The second kappa shape index (κ2) is 7.39. The Bertz CT molecular complexity index is 1260. The Hall–Kier alpha value is -3.08. The molecule has 0 aromatic heterocycles. The van der Waals surface area contributed by atoms with E-state index in [9.17, 15) is 18.5 Å². The SMILES string of the molecule is CCN1C(=C(C#N)C=CC=C2C(=O)c3ccccc3S2(=O)=O)Sc2ccccc21. The van der Waals surface area contributed by atoms with Gasteiger partial charge in [0.2, 0.25) is 15.6 Å². The summed E-state index contributed by atoms with van der Waals surface area (Å²) in [5.74, 6) is -0.519. The monoisotopic (exact) mass is 420 g/mol. The zero-order valence-electron chi connectivity index (χ0n) is 15.5. The molecule has 144 valence electrons. The molecule has 5 nitrogen and oxygen atoms in total. The topological polar surface area (TPSA) is 78.2 Å². The van der Waals surface area contributed by atoms with Gasteiger partial charge in [-0.3, -0.25) is 4.79 Å². The first kappa shape index (κ1) is 19.2. The molecule has 0 radical (unpaired) electrons. The van der Waals surface area contributed by atoms with Gasteiger partial charge in [-0.25, -0.2) is 8.42 Å². The van der Waals surface area contributed by atoms with Crippen LogP contribution in [0, 0.1) is 11.3 Å². The molecule has 0 saturated carbocycles. The molecule has 0 spiro atoms. The molecule has 0 saturated heterocycles. The van der Waals surface area contributed by atoms with Gasteiger partial charge in [0.25, 0.3) is 0 Å². The fourth-order valence-electron chi connectivity index (χ4n) is 3.36. The molecule has 0 bridgehead atoms. The minimum Gasteiger partial charge on any atom is -0.334 e. The van der Waals surface area contributed by atoms with Gasteiger partial charge in [-0.05, 0) is 43.3 Å². The minimum atomic E-state index is -3.83. The fourth-order valence-corrected chi connectivity index (χ4v) is 6.12. The van der Waals surface area contributed by atoms with Crippen LogP contribution in [0.5, 0.6) is 0 Å². The van der Waals surface area contributed by atoms with Crippen LogP contribution in [-0.4, -0.2) is 20.7 Å². The van der Waals surface area contributed by atoms with E-state index in [1.54, 1.807) is 18.2 Å². The highest BCUT2D eigenvalue weighted by molar-refractivity contribution is 8.03. The number of sulfone groups is 1. The lowest BCUT2D eigenvalue weighted by Crippen LogP contribution is -2.17.